The summed E-state index contributed by atoms with van der Waals surface area (Å²) in [6, 6.07) is 13.9. The normalized spacial score (nSPS) is 10.5. The summed E-state index contributed by atoms with van der Waals surface area (Å²) in [5, 5.41) is 0. The van der Waals surface area contributed by atoms with E-state index in [0.29, 0.717) is 5.75 Å². The Labute approximate surface area is 106 Å². The first kappa shape index (κ1) is 12.1. The van der Waals surface area contributed by atoms with Crippen LogP contribution in [0.5, 0.6) is 11.5 Å². The summed E-state index contributed by atoms with van der Waals surface area (Å²) in [6.07, 6.45) is 5.30. The average Bonchev–Trinajstić information content (AvgIpc) is 2.41. The fraction of sp³-hybridized carbons (Fsp3) is 0. The Kier molecular flexibility index (Phi) is 3.92. The molecule has 2 rings (SSSR count). The molecular formula is C16H13FO. The first-order chi connectivity index (χ1) is 8.79. The lowest BCUT2D eigenvalue weighted by Gasteiger charge is -2.07. The van der Waals surface area contributed by atoms with Crippen LogP contribution in [0.2, 0.25) is 0 Å². The molecule has 2 aromatic carbocycles. The first-order valence-electron chi connectivity index (χ1n) is 5.61. The summed E-state index contributed by atoms with van der Waals surface area (Å²) < 4.78 is 19.1. The molecule has 0 aliphatic carbocycles. The molecular weight excluding hydrogens is 227 g/mol. The topological polar surface area (TPSA) is 9.23 Å². The zero-order valence-electron chi connectivity index (χ0n) is 9.84. The van der Waals surface area contributed by atoms with Crippen LogP contribution < -0.4 is 4.74 Å². The maximum absolute atomic E-state index is 13.6. The molecule has 0 fully saturated rings. The predicted molar refractivity (Wildman–Crippen MR) is 72.1 cm³/mol. The molecule has 0 saturated heterocycles. The van der Waals surface area contributed by atoms with Gasteiger partial charge in [-0.3, -0.25) is 0 Å². The molecule has 2 heteroatoms. The van der Waals surface area contributed by atoms with Crippen LogP contribution >= 0.6 is 0 Å². The van der Waals surface area contributed by atoms with E-state index in [0.717, 1.165) is 5.56 Å². The Balaban J connectivity index is 2.26. The molecule has 0 spiro atoms. The number of para-hydroxylation sites is 1. The molecule has 18 heavy (non-hydrogen) atoms. The van der Waals surface area contributed by atoms with Gasteiger partial charge in [-0.25, -0.2) is 4.39 Å². The molecule has 0 aliphatic rings. The highest BCUT2D eigenvalue weighted by molar-refractivity contribution is 5.53. The van der Waals surface area contributed by atoms with Gasteiger partial charge in [-0.2, -0.15) is 0 Å². The van der Waals surface area contributed by atoms with Gasteiger partial charge in [-0.1, -0.05) is 49.1 Å². The van der Waals surface area contributed by atoms with Crippen molar-refractivity contribution in [2.75, 3.05) is 0 Å². The molecule has 0 aromatic heterocycles. The molecule has 0 amide bonds. The summed E-state index contributed by atoms with van der Waals surface area (Å²) in [6.45, 7) is 3.59. The molecule has 0 saturated carbocycles. The lowest BCUT2D eigenvalue weighted by atomic mass is 10.2. The second kappa shape index (κ2) is 5.82. The van der Waals surface area contributed by atoms with Gasteiger partial charge in [0.2, 0.25) is 0 Å². The van der Waals surface area contributed by atoms with Crippen molar-refractivity contribution < 1.29 is 9.13 Å². The standard InChI is InChI=1S/C16H13FO/c1-2-3-7-13-10-11-15(17)16(12-13)18-14-8-5-4-6-9-14/h2-12H,1H2. The van der Waals surface area contributed by atoms with E-state index in [-0.39, 0.29) is 11.6 Å². The zero-order chi connectivity index (χ0) is 12.8. The second-order valence-corrected chi connectivity index (χ2v) is 3.70. The molecule has 0 bridgehead atoms. The number of ether oxygens (including phenoxy) is 1. The molecule has 1 nitrogen and oxygen atoms in total. The van der Waals surface area contributed by atoms with E-state index in [1.807, 2.05) is 24.3 Å². The van der Waals surface area contributed by atoms with Crippen LogP contribution in [0.4, 0.5) is 4.39 Å². The number of halogens is 1. The van der Waals surface area contributed by atoms with Crippen LogP contribution in [0.3, 0.4) is 0 Å². The van der Waals surface area contributed by atoms with E-state index in [1.54, 1.807) is 36.4 Å². The van der Waals surface area contributed by atoms with Crippen LogP contribution in [-0.2, 0) is 0 Å². The van der Waals surface area contributed by atoms with E-state index in [9.17, 15) is 4.39 Å². The Bertz CT molecular complexity index is 559. The van der Waals surface area contributed by atoms with Crippen LogP contribution in [0.1, 0.15) is 5.56 Å². The number of benzene rings is 2. The van der Waals surface area contributed by atoms with Crippen LogP contribution in [0.15, 0.2) is 67.3 Å². The average molecular weight is 240 g/mol. The Hall–Kier alpha value is -2.35. The second-order valence-electron chi connectivity index (χ2n) is 3.70. The van der Waals surface area contributed by atoms with Gasteiger partial charge in [0, 0.05) is 0 Å². The van der Waals surface area contributed by atoms with Gasteiger partial charge in [0.05, 0.1) is 0 Å². The van der Waals surface area contributed by atoms with Crippen molar-refractivity contribution in [1.29, 1.82) is 0 Å². The Morgan fingerprint density at radius 2 is 1.83 bits per heavy atom. The van der Waals surface area contributed by atoms with Gasteiger partial charge in [0.25, 0.3) is 0 Å². The fourth-order valence-corrected chi connectivity index (χ4v) is 1.50. The molecule has 0 atom stereocenters. The summed E-state index contributed by atoms with van der Waals surface area (Å²) in [7, 11) is 0. The van der Waals surface area contributed by atoms with E-state index in [4.69, 9.17) is 4.74 Å². The number of allylic oxidation sites excluding steroid dienone is 2. The molecule has 0 radical (unpaired) electrons. The smallest absolute Gasteiger partial charge is 0.165 e. The highest BCUT2D eigenvalue weighted by Gasteiger charge is 2.04. The summed E-state index contributed by atoms with van der Waals surface area (Å²) in [5.41, 5.74) is 0.863. The van der Waals surface area contributed by atoms with Gasteiger partial charge in [0.1, 0.15) is 5.75 Å². The molecule has 0 unspecified atom stereocenters. The monoisotopic (exact) mass is 240 g/mol. The fourth-order valence-electron chi connectivity index (χ4n) is 1.50. The third-order valence-corrected chi connectivity index (χ3v) is 2.35. The maximum atomic E-state index is 13.6. The van der Waals surface area contributed by atoms with Crippen molar-refractivity contribution >= 4 is 6.08 Å². The van der Waals surface area contributed by atoms with Gasteiger partial charge in [-0.05, 0) is 29.8 Å². The van der Waals surface area contributed by atoms with Crippen molar-refractivity contribution in [2.45, 2.75) is 0 Å². The van der Waals surface area contributed by atoms with Gasteiger partial charge >= 0.3 is 0 Å². The van der Waals surface area contributed by atoms with Crippen LogP contribution in [0, 0.1) is 5.82 Å². The third-order valence-electron chi connectivity index (χ3n) is 2.35. The largest absolute Gasteiger partial charge is 0.454 e. The van der Waals surface area contributed by atoms with Gasteiger partial charge in [0.15, 0.2) is 11.6 Å². The minimum absolute atomic E-state index is 0.215. The van der Waals surface area contributed by atoms with E-state index in [2.05, 4.69) is 6.58 Å². The SMILES string of the molecule is C=CC=Cc1ccc(F)c(Oc2ccccc2)c1. The number of hydrogen-bond donors (Lipinski definition) is 0. The van der Waals surface area contributed by atoms with E-state index < -0.39 is 0 Å². The highest BCUT2D eigenvalue weighted by atomic mass is 19.1. The number of hydrogen-bond acceptors (Lipinski definition) is 1. The van der Waals surface area contributed by atoms with Crippen LogP contribution in [0.25, 0.3) is 6.08 Å². The van der Waals surface area contributed by atoms with Crippen molar-refractivity contribution in [3.63, 3.8) is 0 Å². The molecule has 2 aromatic rings. The zero-order valence-corrected chi connectivity index (χ0v) is 9.84. The summed E-state index contributed by atoms with van der Waals surface area (Å²) >= 11 is 0. The molecule has 0 heterocycles. The number of rotatable bonds is 4. The Morgan fingerprint density at radius 3 is 2.56 bits per heavy atom. The molecule has 90 valence electrons. The molecule has 0 aliphatic heterocycles. The molecule has 0 N–H and O–H groups in total. The summed E-state index contributed by atoms with van der Waals surface area (Å²) in [4.78, 5) is 0. The minimum Gasteiger partial charge on any atom is -0.454 e. The van der Waals surface area contributed by atoms with Crippen molar-refractivity contribution in [3.05, 3.63) is 78.6 Å². The highest BCUT2D eigenvalue weighted by Crippen LogP contribution is 2.25. The van der Waals surface area contributed by atoms with Crippen molar-refractivity contribution in [1.82, 2.24) is 0 Å². The van der Waals surface area contributed by atoms with Crippen molar-refractivity contribution in [2.24, 2.45) is 0 Å². The summed E-state index contributed by atoms with van der Waals surface area (Å²) in [5.74, 6) is 0.447. The first-order valence-corrected chi connectivity index (χ1v) is 5.61. The Morgan fingerprint density at radius 1 is 1.06 bits per heavy atom. The quantitative estimate of drug-likeness (QED) is 0.696. The lowest BCUT2D eigenvalue weighted by molar-refractivity contribution is 0.442. The maximum Gasteiger partial charge on any atom is 0.165 e. The van der Waals surface area contributed by atoms with Crippen LogP contribution in [-0.4, -0.2) is 0 Å². The van der Waals surface area contributed by atoms with E-state index in [1.165, 1.54) is 6.07 Å². The third kappa shape index (κ3) is 3.08. The van der Waals surface area contributed by atoms with E-state index >= 15 is 0 Å². The lowest BCUT2D eigenvalue weighted by Crippen LogP contribution is -1.88. The van der Waals surface area contributed by atoms with Crippen molar-refractivity contribution in [3.8, 4) is 11.5 Å². The predicted octanol–water partition coefficient (Wildman–Crippen LogP) is 4.82. The van der Waals surface area contributed by atoms with Gasteiger partial charge in [-0.15, -0.1) is 0 Å². The minimum atomic E-state index is -0.380. The van der Waals surface area contributed by atoms with Gasteiger partial charge < -0.3 is 4.74 Å².